The van der Waals surface area contributed by atoms with Crippen molar-refractivity contribution in [3.63, 3.8) is 0 Å². The second kappa shape index (κ2) is 8.40. The summed E-state index contributed by atoms with van der Waals surface area (Å²) in [6.07, 6.45) is 3.16. The molecule has 118 valence electrons. The van der Waals surface area contributed by atoms with E-state index in [9.17, 15) is 9.90 Å². The molecule has 2 heterocycles. The van der Waals surface area contributed by atoms with Crippen molar-refractivity contribution in [2.45, 2.75) is 31.8 Å². The first-order chi connectivity index (χ1) is 10.7. The fourth-order valence-electron chi connectivity index (χ4n) is 2.04. The van der Waals surface area contributed by atoms with E-state index in [2.05, 4.69) is 15.2 Å². The number of rotatable bonds is 9. The molecular formula is C14H19N5O2S. The quantitative estimate of drug-likeness (QED) is 0.724. The van der Waals surface area contributed by atoms with Crippen LogP contribution >= 0.6 is 11.3 Å². The molecule has 1 unspecified atom stereocenters. The van der Waals surface area contributed by atoms with E-state index in [0.29, 0.717) is 19.4 Å². The first-order valence-corrected chi connectivity index (χ1v) is 7.96. The lowest BCUT2D eigenvalue weighted by Crippen LogP contribution is -2.21. The second-order valence-corrected chi connectivity index (χ2v) is 5.67. The third-order valence-corrected chi connectivity index (χ3v) is 3.86. The average Bonchev–Trinajstić information content (AvgIpc) is 3.04. The van der Waals surface area contributed by atoms with Gasteiger partial charge in [-0.25, -0.2) is 4.98 Å². The lowest BCUT2D eigenvalue weighted by molar-refractivity contribution is -0.118. The van der Waals surface area contributed by atoms with E-state index in [4.69, 9.17) is 5.73 Å². The number of carbonyl (C=O) groups is 1. The van der Waals surface area contributed by atoms with Gasteiger partial charge in [-0.05, 0) is 31.4 Å². The zero-order valence-electron chi connectivity index (χ0n) is 12.1. The van der Waals surface area contributed by atoms with Crippen molar-refractivity contribution in [1.82, 2.24) is 15.2 Å². The minimum Gasteiger partial charge on any atom is -0.393 e. The summed E-state index contributed by atoms with van der Waals surface area (Å²) in [5, 5.41) is 18.6. The topological polar surface area (TPSA) is 105 Å². The maximum absolute atomic E-state index is 10.7. The molecular weight excluding hydrogens is 302 g/mol. The molecule has 0 aliphatic rings. The van der Waals surface area contributed by atoms with E-state index in [1.807, 2.05) is 23.1 Å². The minimum atomic E-state index is -0.521. The second-order valence-electron chi connectivity index (χ2n) is 4.86. The first-order valence-electron chi connectivity index (χ1n) is 7.08. The van der Waals surface area contributed by atoms with E-state index >= 15 is 0 Å². The van der Waals surface area contributed by atoms with Crippen LogP contribution in [-0.2, 0) is 4.79 Å². The summed E-state index contributed by atoms with van der Waals surface area (Å²) in [4.78, 5) is 17.0. The lowest BCUT2D eigenvalue weighted by atomic mass is 10.1. The highest BCUT2D eigenvalue weighted by Gasteiger charge is 2.14. The van der Waals surface area contributed by atoms with Crippen molar-refractivity contribution in [3.8, 4) is 0 Å². The molecule has 7 nitrogen and oxygen atoms in total. The molecule has 22 heavy (non-hydrogen) atoms. The van der Waals surface area contributed by atoms with Gasteiger partial charge in [-0.15, -0.1) is 10.2 Å². The standard InChI is InChI=1S/C14H19N5O2S/c15-12(21)7-6-11(20)4-3-9-19(14-18-17-10-22-14)13-5-1-2-8-16-13/h1-2,5,8,10-11,20H,3-4,6-7,9H2,(H2,15,21). The zero-order valence-corrected chi connectivity index (χ0v) is 12.9. The molecule has 2 aromatic rings. The largest absolute Gasteiger partial charge is 0.393 e. The molecule has 0 saturated heterocycles. The molecule has 2 rings (SSSR count). The molecule has 0 aromatic carbocycles. The van der Waals surface area contributed by atoms with Gasteiger partial charge < -0.3 is 15.7 Å². The molecule has 0 spiro atoms. The van der Waals surface area contributed by atoms with Gasteiger partial charge >= 0.3 is 0 Å². The van der Waals surface area contributed by atoms with E-state index in [-0.39, 0.29) is 12.3 Å². The third kappa shape index (κ3) is 5.05. The molecule has 0 saturated carbocycles. The molecule has 0 aliphatic heterocycles. The fraction of sp³-hybridized carbons (Fsp3) is 0.429. The minimum absolute atomic E-state index is 0.210. The summed E-state index contributed by atoms with van der Waals surface area (Å²) in [6, 6.07) is 5.68. The van der Waals surface area contributed by atoms with E-state index in [1.165, 1.54) is 11.3 Å². The van der Waals surface area contributed by atoms with Gasteiger partial charge in [0, 0.05) is 19.2 Å². The van der Waals surface area contributed by atoms with Crippen molar-refractivity contribution in [1.29, 1.82) is 0 Å². The Hall–Kier alpha value is -2.06. The van der Waals surface area contributed by atoms with Crippen LogP contribution in [0.1, 0.15) is 25.7 Å². The number of aliphatic hydroxyl groups excluding tert-OH is 1. The molecule has 8 heteroatoms. The van der Waals surface area contributed by atoms with E-state index in [1.54, 1.807) is 11.7 Å². The van der Waals surface area contributed by atoms with Gasteiger partial charge in [-0.3, -0.25) is 4.79 Å². The average molecular weight is 321 g/mol. The zero-order chi connectivity index (χ0) is 15.8. The van der Waals surface area contributed by atoms with Crippen molar-refractivity contribution < 1.29 is 9.90 Å². The molecule has 2 aromatic heterocycles. The molecule has 0 bridgehead atoms. The highest BCUT2D eigenvalue weighted by molar-refractivity contribution is 7.13. The number of anilines is 2. The van der Waals surface area contributed by atoms with Gasteiger partial charge in [-0.2, -0.15) is 0 Å². The smallest absolute Gasteiger partial charge is 0.217 e. The van der Waals surface area contributed by atoms with Gasteiger partial charge in [0.2, 0.25) is 11.0 Å². The predicted molar refractivity (Wildman–Crippen MR) is 84.8 cm³/mol. The van der Waals surface area contributed by atoms with Crippen LogP contribution in [-0.4, -0.2) is 38.8 Å². The Morgan fingerprint density at radius 3 is 2.91 bits per heavy atom. The summed E-state index contributed by atoms with van der Waals surface area (Å²) in [7, 11) is 0. The fourth-order valence-corrected chi connectivity index (χ4v) is 2.64. The number of nitrogens with zero attached hydrogens (tertiary/aromatic N) is 4. The lowest BCUT2D eigenvalue weighted by Gasteiger charge is -2.20. The van der Waals surface area contributed by atoms with Gasteiger partial charge in [0.1, 0.15) is 11.3 Å². The van der Waals surface area contributed by atoms with Crippen LogP contribution in [0.15, 0.2) is 29.9 Å². The van der Waals surface area contributed by atoms with Gasteiger partial charge in [-0.1, -0.05) is 17.4 Å². The monoisotopic (exact) mass is 321 g/mol. The normalized spacial score (nSPS) is 12.0. The summed E-state index contributed by atoms with van der Waals surface area (Å²) in [5.74, 6) is 0.411. The Labute approximate surface area is 132 Å². The third-order valence-electron chi connectivity index (χ3n) is 3.15. The Morgan fingerprint density at radius 2 is 2.27 bits per heavy atom. The maximum atomic E-state index is 10.7. The maximum Gasteiger partial charge on any atom is 0.217 e. The van der Waals surface area contributed by atoms with Crippen molar-refractivity contribution >= 4 is 28.2 Å². The highest BCUT2D eigenvalue weighted by atomic mass is 32.1. The Balaban J connectivity index is 1.90. The van der Waals surface area contributed by atoms with Gasteiger partial charge in [0.15, 0.2) is 0 Å². The molecule has 1 atom stereocenters. The molecule has 1 amide bonds. The molecule has 0 radical (unpaired) electrons. The number of hydrogen-bond donors (Lipinski definition) is 2. The Morgan fingerprint density at radius 1 is 1.41 bits per heavy atom. The van der Waals surface area contributed by atoms with Crippen LogP contribution in [0.4, 0.5) is 10.9 Å². The molecule has 0 fully saturated rings. The molecule has 3 N–H and O–H groups in total. The summed E-state index contributed by atoms with van der Waals surface area (Å²) < 4.78 is 0. The van der Waals surface area contributed by atoms with Crippen LogP contribution in [0, 0.1) is 0 Å². The van der Waals surface area contributed by atoms with Crippen LogP contribution in [0.25, 0.3) is 0 Å². The number of amides is 1. The summed E-state index contributed by atoms with van der Waals surface area (Å²) in [5.41, 5.74) is 6.75. The van der Waals surface area contributed by atoms with Crippen LogP contribution in [0.5, 0.6) is 0 Å². The number of hydrogen-bond acceptors (Lipinski definition) is 7. The number of aromatic nitrogens is 3. The Bertz CT molecular complexity index is 564. The van der Waals surface area contributed by atoms with Crippen LogP contribution in [0.3, 0.4) is 0 Å². The SMILES string of the molecule is NC(=O)CCC(O)CCCN(c1ccccn1)c1nncs1. The van der Waals surface area contributed by atoms with Crippen LogP contribution in [0.2, 0.25) is 0 Å². The van der Waals surface area contributed by atoms with E-state index in [0.717, 1.165) is 17.4 Å². The number of carbonyl (C=O) groups excluding carboxylic acids is 1. The number of nitrogens with two attached hydrogens (primary N) is 1. The van der Waals surface area contributed by atoms with E-state index < -0.39 is 6.10 Å². The number of primary amides is 1. The van der Waals surface area contributed by atoms with Gasteiger partial charge in [0.25, 0.3) is 0 Å². The number of pyridine rings is 1. The van der Waals surface area contributed by atoms with Crippen molar-refractivity contribution in [2.24, 2.45) is 5.73 Å². The summed E-state index contributed by atoms with van der Waals surface area (Å²) >= 11 is 1.44. The first kappa shape index (κ1) is 16.3. The van der Waals surface area contributed by atoms with Crippen molar-refractivity contribution in [3.05, 3.63) is 29.9 Å². The summed E-state index contributed by atoms with van der Waals surface area (Å²) in [6.45, 7) is 0.667. The highest BCUT2D eigenvalue weighted by Crippen LogP contribution is 2.25. The predicted octanol–water partition coefficient (Wildman–Crippen LogP) is 1.48. The number of aliphatic hydroxyl groups is 1. The Kier molecular flexibility index (Phi) is 6.23. The van der Waals surface area contributed by atoms with Crippen molar-refractivity contribution in [2.75, 3.05) is 11.4 Å². The van der Waals surface area contributed by atoms with Gasteiger partial charge in [0.05, 0.1) is 6.10 Å². The molecule has 0 aliphatic carbocycles. The van der Waals surface area contributed by atoms with Crippen LogP contribution < -0.4 is 10.6 Å².